The van der Waals surface area contributed by atoms with Crippen LogP contribution in [0.15, 0.2) is 24.3 Å². The first-order valence-corrected chi connectivity index (χ1v) is 10.1. The number of para-hydroxylation sites is 1. The van der Waals surface area contributed by atoms with Crippen LogP contribution in [0.3, 0.4) is 0 Å². The number of carbonyl (C=O) groups is 2. The van der Waals surface area contributed by atoms with E-state index in [0.29, 0.717) is 12.6 Å². The summed E-state index contributed by atoms with van der Waals surface area (Å²) in [7, 11) is 0. The lowest BCUT2D eigenvalue weighted by Gasteiger charge is -2.25. The van der Waals surface area contributed by atoms with Crippen molar-refractivity contribution in [1.82, 2.24) is 15.1 Å². The third-order valence-electron chi connectivity index (χ3n) is 5.52. The molecule has 148 valence electrons. The average Bonchev–Trinajstić information content (AvgIpc) is 3.33. The van der Waals surface area contributed by atoms with Gasteiger partial charge in [0.1, 0.15) is 5.75 Å². The summed E-state index contributed by atoms with van der Waals surface area (Å²) in [4.78, 5) is 29.2. The first-order valence-electron chi connectivity index (χ1n) is 10.1. The SMILES string of the molecule is CCOc1ccccc1C(CC(=O)N1CCC(N2CCCC2)C1)NC(C)=O. The van der Waals surface area contributed by atoms with Gasteiger partial charge in [-0.3, -0.25) is 14.5 Å². The number of rotatable bonds is 7. The van der Waals surface area contributed by atoms with E-state index in [0.717, 1.165) is 43.9 Å². The predicted octanol–water partition coefficient (Wildman–Crippen LogP) is 2.35. The Balaban J connectivity index is 1.67. The molecule has 6 nitrogen and oxygen atoms in total. The Morgan fingerprint density at radius 1 is 1.22 bits per heavy atom. The minimum Gasteiger partial charge on any atom is -0.494 e. The molecule has 2 amide bonds. The van der Waals surface area contributed by atoms with Crippen molar-refractivity contribution in [2.24, 2.45) is 0 Å². The molecule has 2 saturated heterocycles. The third-order valence-corrected chi connectivity index (χ3v) is 5.52. The lowest BCUT2D eigenvalue weighted by Crippen LogP contribution is -2.38. The second kappa shape index (κ2) is 9.22. The van der Waals surface area contributed by atoms with Crippen molar-refractivity contribution in [3.8, 4) is 5.75 Å². The maximum Gasteiger partial charge on any atom is 0.225 e. The number of likely N-dealkylation sites (tertiary alicyclic amines) is 2. The minimum atomic E-state index is -0.372. The van der Waals surface area contributed by atoms with Crippen LogP contribution in [0.5, 0.6) is 5.75 Å². The highest BCUT2D eigenvalue weighted by Crippen LogP contribution is 2.29. The number of carbonyl (C=O) groups excluding carboxylic acids is 2. The second-order valence-corrected chi connectivity index (χ2v) is 7.45. The van der Waals surface area contributed by atoms with Gasteiger partial charge in [0.25, 0.3) is 0 Å². The van der Waals surface area contributed by atoms with E-state index in [-0.39, 0.29) is 24.3 Å². The summed E-state index contributed by atoms with van der Waals surface area (Å²) < 4.78 is 5.71. The maximum atomic E-state index is 13.0. The van der Waals surface area contributed by atoms with Gasteiger partial charge in [0, 0.05) is 31.6 Å². The molecule has 0 aliphatic carbocycles. The van der Waals surface area contributed by atoms with Crippen molar-refractivity contribution < 1.29 is 14.3 Å². The van der Waals surface area contributed by atoms with Crippen molar-refractivity contribution in [3.05, 3.63) is 29.8 Å². The Bertz CT molecular complexity index is 658. The van der Waals surface area contributed by atoms with Crippen molar-refractivity contribution >= 4 is 11.8 Å². The Morgan fingerprint density at radius 3 is 2.67 bits per heavy atom. The van der Waals surface area contributed by atoms with Gasteiger partial charge in [-0.25, -0.2) is 0 Å². The first kappa shape index (κ1) is 19.7. The van der Waals surface area contributed by atoms with Crippen LogP contribution in [0.1, 0.15) is 51.1 Å². The zero-order valence-electron chi connectivity index (χ0n) is 16.4. The molecule has 3 rings (SSSR count). The van der Waals surface area contributed by atoms with Crippen molar-refractivity contribution in [3.63, 3.8) is 0 Å². The number of hydrogen-bond donors (Lipinski definition) is 1. The van der Waals surface area contributed by atoms with Crippen LogP contribution in [0, 0.1) is 0 Å². The van der Waals surface area contributed by atoms with E-state index in [2.05, 4.69) is 10.2 Å². The summed E-state index contributed by atoms with van der Waals surface area (Å²) in [5, 5.41) is 2.94. The summed E-state index contributed by atoms with van der Waals surface area (Å²) >= 11 is 0. The van der Waals surface area contributed by atoms with Crippen LogP contribution in [0.25, 0.3) is 0 Å². The summed E-state index contributed by atoms with van der Waals surface area (Å²) in [6.45, 7) is 7.88. The van der Waals surface area contributed by atoms with Crippen LogP contribution >= 0.6 is 0 Å². The lowest BCUT2D eigenvalue weighted by atomic mass is 10.0. The summed E-state index contributed by atoms with van der Waals surface area (Å²) in [5.74, 6) is 0.681. The van der Waals surface area contributed by atoms with Gasteiger partial charge in [-0.05, 0) is 45.3 Å². The zero-order chi connectivity index (χ0) is 19.2. The molecule has 1 N–H and O–H groups in total. The molecule has 0 radical (unpaired) electrons. The largest absolute Gasteiger partial charge is 0.494 e. The van der Waals surface area contributed by atoms with Gasteiger partial charge in [-0.15, -0.1) is 0 Å². The van der Waals surface area contributed by atoms with Gasteiger partial charge in [0.15, 0.2) is 0 Å². The van der Waals surface area contributed by atoms with Crippen LogP contribution < -0.4 is 10.1 Å². The van der Waals surface area contributed by atoms with Gasteiger partial charge in [-0.1, -0.05) is 18.2 Å². The Morgan fingerprint density at radius 2 is 1.96 bits per heavy atom. The molecule has 2 fully saturated rings. The van der Waals surface area contributed by atoms with E-state index in [1.54, 1.807) is 0 Å². The third kappa shape index (κ3) is 5.01. The topological polar surface area (TPSA) is 61.9 Å². The molecule has 6 heteroatoms. The standard InChI is InChI=1S/C21H31N3O3/c1-3-27-20-9-5-4-8-18(20)19(22-16(2)25)14-21(26)24-13-10-17(15-24)23-11-6-7-12-23/h4-5,8-9,17,19H,3,6-7,10-15H2,1-2H3,(H,22,25). The molecule has 0 spiro atoms. The second-order valence-electron chi connectivity index (χ2n) is 7.45. The van der Waals surface area contributed by atoms with Gasteiger partial charge >= 0.3 is 0 Å². The van der Waals surface area contributed by atoms with Crippen LogP contribution in [-0.4, -0.2) is 60.4 Å². The molecule has 27 heavy (non-hydrogen) atoms. The smallest absolute Gasteiger partial charge is 0.225 e. The fraction of sp³-hybridized carbons (Fsp3) is 0.619. The average molecular weight is 373 g/mol. The molecule has 1 aromatic rings. The van der Waals surface area contributed by atoms with Gasteiger partial charge in [0.05, 0.1) is 19.1 Å². The van der Waals surface area contributed by atoms with Gasteiger partial charge in [-0.2, -0.15) is 0 Å². The number of hydrogen-bond acceptors (Lipinski definition) is 4. The van der Waals surface area contributed by atoms with E-state index in [9.17, 15) is 9.59 Å². The van der Waals surface area contributed by atoms with Crippen LogP contribution in [-0.2, 0) is 9.59 Å². The Hall–Kier alpha value is -2.08. The highest BCUT2D eigenvalue weighted by Gasteiger charge is 2.33. The quantitative estimate of drug-likeness (QED) is 0.797. The van der Waals surface area contributed by atoms with Gasteiger partial charge < -0.3 is 15.0 Å². The molecule has 2 atom stereocenters. The summed E-state index contributed by atoms with van der Waals surface area (Å²) in [6, 6.07) is 7.75. The van der Waals surface area contributed by atoms with Crippen LogP contribution in [0.2, 0.25) is 0 Å². The molecule has 2 heterocycles. The number of nitrogens with zero attached hydrogens (tertiary/aromatic N) is 2. The molecule has 0 aromatic heterocycles. The fourth-order valence-corrected chi connectivity index (χ4v) is 4.22. The molecule has 0 saturated carbocycles. The van der Waals surface area contributed by atoms with Crippen molar-refractivity contribution in [2.75, 3.05) is 32.8 Å². The highest BCUT2D eigenvalue weighted by molar-refractivity contribution is 5.79. The van der Waals surface area contributed by atoms with Gasteiger partial charge in [0.2, 0.25) is 11.8 Å². The first-order chi connectivity index (χ1) is 13.1. The van der Waals surface area contributed by atoms with Crippen molar-refractivity contribution in [2.45, 2.75) is 51.6 Å². The predicted molar refractivity (Wildman–Crippen MR) is 105 cm³/mol. The molecule has 2 aliphatic rings. The van der Waals surface area contributed by atoms with E-state index in [4.69, 9.17) is 4.74 Å². The molecule has 1 aromatic carbocycles. The molecule has 2 aliphatic heterocycles. The van der Waals surface area contributed by atoms with E-state index in [1.165, 1.54) is 19.8 Å². The monoisotopic (exact) mass is 373 g/mol. The zero-order valence-corrected chi connectivity index (χ0v) is 16.4. The number of amides is 2. The van der Waals surface area contributed by atoms with Crippen molar-refractivity contribution in [1.29, 1.82) is 0 Å². The Kier molecular flexibility index (Phi) is 6.72. The normalized spacial score (nSPS) is 21.3. The van der Waals surface area contributed by atoms with E-state index < -0.39 is 0 Å². The van der Waals surface area contributed by atoms with Crippen LogP contribution in [0.4, 0.5) is 0 Å². The molecule has 2 unspecified atom stereocenters. The minimum absolute atomic E-state index is 0.0988. The number of ether oxygens (including phenoxy) is 1. The summed E-state index contributed by atoms with van der Waals surface area (Å²) in [5.41, 5.74) is 0.859. The fourth-order valence-electron chi connectivity index (χ4n) is 4.22. The van der Waals surface area contributed by atoms with E-state index in [1.807, 2.05) is 36.1 Å². The Labute approximate surface area is 161 Å². The number of benzene rings is 1. The molecular weight excluding hydrogens is 342 g/mol. The lowest BCUT2D eigenvalue weighted by molar-refractivity contribution is -0.131. The molecular formula is C21H31N3O3. The van der Waals surface area contributed by atoms with E-state index >= 15 is 0 Å². The maximum absolute atomic E-state index is 13.0. The highest BCUT2D eigenvalue weighted by atomic mass is 16.5. The summed E-state index contributed by atoms with van der Waals surface area (Å²) in [6.07, 6.45) is 3.84. The molecule has 0 bridgehead atoms. The number of nitrogens with one attached hydrogen (secondary N) is 1.